The van der Waals surface area contributed by atoms with Gasteiger partial charge in [-0.25, -0.2) is 0 Å². The first kappa shape index (κ1) is 11.3. The summed E-state index contributed by atoms with van der Waals surface area (Å²) in [6.45, 7) is 0.223. The molecule has 7 nitrogen and oxygen atoms in total. The summed E-state index contributed by atoms with van der Waals surface area (Å²) >= 11 is 0. The van der Waals surface area contributed by atoms with Crippen LogP contribution in [0.25, 0.3) is 11.7 Å². The lowest BCUT2D eigenvalue weighted by Crippen LogP contribution is -2.25. The Bertz CT molecular complexity index is 491. The fourth-order valence-electron chi connectivity index (χ4n) is 1.35. The summed E-state index contributed by atoms with van der Waals surface area (Å²) in [5.41, 5.74) is 0. The highest BCUT2D eigenvalue weighted by molar-refractivity contribution is 5.68. The zero-order chi connectivity index (χ0) is 12.3. The van der Waals surface area contributed by atoms with Gasteiger partial charge < -0.3 is 14.0 Å². The smallest absolute Gasteiger partial charge is 0.317 e. The van der Waals surface area contributed by atoms with Crippen LogP contribution in [0.3, 0.4) is 0 Å². The van der Waals surface area contributed by atoms with Gasteiger partial charge in [-0.15, -0.1) is 0 Å². The van der Waals surface area contributed by atoms with Crippen molar-refractivity contribution in [1.29, 1.82) is 0 Å². The van der Waals surface area contributed by atoms with Gasteiger partial charge in [0.15, 0.2) is 11.6 Å². The standard InChI is InChI=1S/C10H11N3O4/c1-13(6-9(14)15)5-8-11-10(17-12-8)7-3-2-4-16-7/h2-4H,5-6H2,1H3,(H,14,15). The number of carbonyl (C=O) groups is 1. The van der Waals surface area contributed by atoms with Gasteiger partial charge in [-0.05, 0) is 19.2 Å². The maximum atomic E-state index is 10.5. The van der Waals surface area contributed by atoms with Crippen LogP contribution in [0.4, 0.5) is 0 Å². The molecule has 0 bridgehead atoms. The quantitative estimate of drug-likeness (QED) is 0.823. The number of aromatic nitrogens is 2. The van der Waals surface area contributed by atoms with Crippen molar-refractivity contribution in [2.45, 2.75) is 6.54 Å². The van der Waals surface area contributed by atoms with E-state index in [-0.39, 0.29) is 12.4 Å². The average Bonchev–Trinajstić information content (AvgIpc) is 2.84. The molecular formula is C10H11N3O4. The van der Waals surface area contributed by atoms with Crippen molar-refractivity contribution < 1.29 is 18.8 Å². The van der Waals surface area contributed by atoms with Crippen molar-refractivity contribution >= 4 is 5.97 Å². The predicted octanol–water partition coefficient (Wildman–Crippen LogP) is 0.846. The number of carboxylic acid groups (broad SMARTS) is 1. The molecule has 0 aliphatic heterocycles. The number of hydrogen-bond donors (Lipinski definition) is 1. The molecule has 90 valence electrons. The molecular weight excluding hydrogens is 226 g/mol. The zero-order valence-corrected chi connectivity index (χ0v) is 9.16. The Morgan fingerprint density at radius 2 is 2.41 bits per heavy atom. The molecule has 0 saturated carbocycles. The van der Waals surface area contributed by atoms with Crippen LogP contribution in [-0.2, 0) is 11.3 Å². The van der Waals surface area contributed by atoms with Gasteiger partial charge in [0.2, 0.25) is 0 Å². The molecule has 7 heteroatoms. The maximum absolute atomic E-state index is 10.5. The van der Waals surface area contributed by atoms with Crippen LogP contribution < -0.4 is 0 Å². The molecule has 0 aliphatic rings. The molecule has 0 spiro atoms. The molecule has 0 fully saturated rings. The molecule has 0 aromatic carbocycles. The van der Waals surface area contributed by atoms with Crippen molar-refractivity contribution in [2.75, 3.05) is 13.6 Å². The SMILES string of the molecule is CN(CC(=O)O)Cc1noc(-c2ccco2)n1. The van der Waals surface area contributed by atoms with Crippen molar-refractivity contribution in [3.8, 4) is 11.7 Å². The fraction of sp³-hybridized carbons (Fsp3) is 0.300. The van der Waals surface area contributed by atoms with E-state index < -0.39 is 5.97 Å². The number of carboxylic acids is 1. The maximum Gasteiger partial charge on any atom is 0.317 e. The van der Waals surface area contributed by atoms with E-state index >= 15 is 0 Å². The number of aliphatic carboxylic acids is 1. The van der Waals surface area contributed by atoms with Gasteiger partial charge in [-0.3, -0.25) is 9.69 Å². The van der Waals surface area contributed by atoms with E-state index in [0.717, 1.165) is 0 Å². The Hall–Kier alpha value is -2.15. The monoisotopic (exact) mass is 237 g/mol. The highest BCUT2D eigenvalue weighted by atomic mass is 16.5. The molecule has 17 heavy (non-hydrogen) atoms. The third-order valence-electron chi connectivity index (χ3n) is 2.02. The largest absolute Gasteiger partial charge is 0.480 e. The average molecular weight is 237 g/mol. The molecule has 2 aromatic heterocycles. The van der Waals surface area contributed by atoms with Gasteiger partial charge in [0.05, 0.1) is 19.4 Å². The Morgan fingerprint density at radius 1 is 1.59 bits per heavy atom. The van der Waals surface area contributed by atoms with Crippen LogP contribution in [0.5, 0.6) is 0 Å². The van der Waals surface area contributed by atoms with Crippen LogP contribution in [0, 0.1) is 0 Å². The van der Waals surface area contributed by atoms with E-state index in [4.69, 9.17) is 14.0 Å². The van der Waals surface area contributed by atoms with Crippen molar-refractivity contribution in [2.24, 2.45) is 0 Å². The second-order valence-electron chi connectivity index (χ2n) is 3.56. The summed E-state index contributed by atoms with van der Waals surface area (Å²) in [4.78, 5) is 16.1. The minimum absolute atomic E-state index is 0.0787. The van der Waals surface area contributed by atoms with Crippen LogP contribution in [-0.4, -0.2) is 39.7 Å². The Labute approximate surface area is 96.6 Å². The Morgan fingerprint density at radius 3 is 3.06 bits per heavy atom. The highest BCUT2D eigenvalue weighted by Gasteiger charge is 2.13. The molecule has 2 rings (SSSR count). The highest BCUT2D eigenvalue weighted by Crippen LogP contribution is 2.17. The number of nitrogens with zero attached hydrogens (tertiary/aromatic N) is 3. The summed E-state index contributed by atoms with van der Waals surface area (Å²) in [5, 5.41) is 12.3. The van der Waals surface area contributed by atoms with Gasteiger partial charge in [-0.2, -0.15) is 4.98 Å². The predicted molar refractivity (Wildman–Crippen MR) is 56.0 cm³/mol. The van der Waals surface area contributed by atoms with Gasteiger partial charge in [0, 0.05) is 0 Å². The van der Waals surface area contributed by atoms with Crippen LogP contribution >= 0.6 is 0 Å². The lowest BCUT2D eigenvalue weighted by Gasteiger charge is -2.09. The fourth-order valence-corrected chi connectivity index (χ4v) is 1.35. The van der Waals surface area contributed by atoms with Gasteiger partial charge >= 0.3 is 5.97 Å². The summed E-state index contributed by atoms with van der Waals surface area (Å²) < 4.78 is 10.1. The van der Waals surface area contributed by atoms with Crippen LogP contribution in [0.2, 0.25) is 0 Å². The van der Waals surface area contributed by atoms with E-state index in [1.165, 1.54) is 6.26 Å². The summed E-state index contributed by atoms with van der Waals surface area (Å²) in [5.74, 6) is 0.292. The third-order valence-corrected chi connectivity index (χ3v) is 2.02. The molecule has 0 radical (unpaired) electrons. The van der Waals surface area contributed by atoms with E-state index in [2.05, 4.69) is 10.1 Å². The second-order valence-corrected chi connectivity index (χ2v) is 3.56. The molecule has 1 N–H and O–H groups in total. The molecule has 0 saturated heterocycles. The number of hydrogen-bond acceptors (Lipinski definition) is 6. The number of likely N-dealkylation sites (N-methyl/N-ethyl adjacent to an activating group) is 1. The van der Waals surface area contributed by atoms with Crippen molar-refractivity contribution in [1.82, 2.24) is 15.0 Å². The van der Waals surface area contributed by atoms with E-state index in [1.54, 1.807) is 24.1 Å². The lowest BCUT2D eigenvalue weighted by atomic mass is 10.4. The van der Waals surface area contributed by atoms with Gasteiger partial charge in [0.1, 0.15) is 0 Å². The normalized spacial score (nSPS) is 10.9. The van der Waals surface area contributed by atoms with E-state index in [1.807, 2.05) is 0 Å². The molecule has 0 unspecified atom stereocenters. The second kappa shape index (κ2) is 4.79. The van der Waals surface area contributed by atoms with Gasteiger partial charge in [-0.1, -0.05) is 5.16 Å². The third kappa shape index (κ3) is 2.91. The zero-order valence-electron chi connectivity index (χ0n) is 9.16. The molecule has 2 heterocycles. The number of rotatable bonds is 5. The van der Waals surface area contributed by atoms with E-state index in [0.29, 0.717) is 18.1 Å². The molecule has 0 amide bonds. The minimum atomic E-state index is -0.901. The minimum Gasteiger partial charge on any atom is -0.480 e. The van der Waals surface area contributed by atoms with Crippen LogP contribution in [0.15, 0.2) is 27.3 Å². The molecule has 0 aliphatic carbocycles. The first-order chi connectivity index (χ1) is 8.15. The first-order valence-corrected chi connectivity index (χ1v) is 4.92. The summed E-state index contributed by atoms with van der Waals surface area (Å²) in [6, 6.07) is 3.42. The molecule has 2 aromatic rings. The first-order valence-electron chi connectivity index (χ1n) is 4.92. The Balaban J connectivity index is 2.01. The van der Waals surface area contributed by atoms with Crippen molar-refractivity contribution in [3.63, 3.8) is 0 Å². The Kier molecular flexibility index (Phi) is 3.20. The molecule has 0 atom stereocenters. The summed E-state index contributed by atoms with van der Waals surface area (Å²) in [7, 11) is 1.66. The van der Waals surface area contributed by atoms with Crippen LogP contribution in [0.1, 0.15) is 5.82 Å². The summed E-state index contributed by atoms with van der Waals surface area (Å²) in [6.07, 6.45) is 1.51. The van der Waals surface area contributed by atoms with E-state index in [9.17, 15) is 4.79 Å². The van der Waals surface area contributed by atoms with Crippen molar-refractivity contribution in [3.05, 3.63) is 24.2 Å². The lowest BCUT2D eigenvalue weighted by molar-refractivity contribution is -0.138. The van der Waals surface area contributed by atoms with Gasteiger partial charge in [0.25, 0.3) is 5.89 Å². The topological polar surface area (TPSA) is 92.6 Å². The number of furan rings is 1.